The molecule has 6 nitrogen and oxygen atoms in total. The van der Waals surface area contributed by atoms with Crippen molar-refractivity contribution in [2.75, 3.05) is 13.1 Å². The zero-order valence-electron chi connectivity index (χ0n) is 20.5. The van der Waals surface area contributed by atoms with Crippen LogP contribution >= 0.6 is 11.3 Å². The van der Waals surface area contributed by atoms with Crippen molar-refractivity contribution >= 4 is 23.2 Å². The van der Waals surface area contributed by atoms with E-state index in [2.05, 4.69) is 58.5 Å². The van der Waals surface area contributed by atoms with Gasteiger partial charge in [-0.3, -0.25) is 9.59 Å². The molecule has 2 amide bonds. The highest BCUT2D eigenvalue weighted by atomic mass is 32.1. The van der Waals surface area contributed by atoms with Crippen molar-refractivity contribution in [2.24, 2.45) is 11.8 Å². The van der Waals surface area contributed by atoms with Gasteiger partial charge >= 0.3 is 0 Å². The molecule has 1 atom stereocenters. The van der Waals surface area contributed by atoms with Crippen LogP contribution in [0.2, 0.25) is 0 Å². The Morgan fingerprint density at radius 1 is 1.11 bits per heavy atom. The number of nitrogens with one attached hydrogen (secondary N) is 1. The number of hydrogen-bond acceptors (Lipinski definition) is 5. The van der Waals surface area contributed by atoms with Crippen LogP contribution in [0.15, 0.2) is 47.8 Å². The van der Waals surface area contributed by atoms with Gasteiger partial charge in [-0.05, 0) is 73.8 Å². The number of rotatable bonds is 8. The van der Waals surface area contributed by atoms with Crippen LogP contribution in [0.25, 0.3) is 0 Å². The fraction of sp³-hybridized carbons (Fsp3) is 0.414. The van der Waals surface area contributed by atoms with Gasteiger partial charge in [-0.15, -0.1) is 11.3 Å². The zero-order valence-corrected chi connectivity index (χ0v) is 21.4. The van der Waals surface area contributed by atoms with E-state index in [1.807, 2.05) is 6.07 Å². The van der Waals surface area contributed by atoms with Gasteiger partial charge in [0.25, 0.3) is 5.91 Å². The predicted molar refractivity (Wildman–Crippen MR) is 139 cm³/mol. The molecule has 0 spiro atoms. The van der Waals surface area contributed by atoms with E-state index in [0.29, 0.717) is 18.2 Å². The van der Waals surface area contributed by atoms with Gasteiger partial charge in [0.1, 0.15) is 23.1 Å². The number of thiazole rings is 1. The van der Waals surface area contributed by atoms with E-state index in [0.717, 1.165) is 54.2 Å². The molecule has 2 heterocycles. The molecular weight excluding hydrogens is 470 g/mol. The Morgan fingerprint density at radius 2 is 1.92 bits per heavy atom. The summed E-state index contributed by atoms with van der Waals surface area (Å²) in [5.74, 6) is 1.73. The number of ether oxygens (including phenoxy) is 1. The third-order valence-corrected chi connectivity index (χ3v) is 8.17. The molecule has 0 saturated heterocycles. The molecule has 0 bridgehead atoms. The maximum Gasteiger partial charge on any atom is 0.270 e. The summed E-state index contributed by atoms with van der Waals surface area (Å²) in [6.07, 6.45) is 5.26. The standard InChI is InChI=1S/C29H31N3O3S/c1-18-2-6-21(7-3-18)27-24-14-23(11-10-20(24)12-13-32(27)29(34)22-8-9-22)35-16-26-31-25(17-36-26)28(33)30-15-19-4-5-19/h2-3,6-7,10-11,14,17,19,22,27H,4-5,8-9,12-13,15-16H2,1H3,(H,30,33)/t27-/m0/s1. The third-order valence-electron chi connectivity index (χ3n) is 7.34. The highest BCUT2D eigenvalue weighted by Gasteiger charge is 2.39. The van der Waals surface area contributed by atoms with E-state index >= 15 is 0 Å². The molecule has 186 valence electrons. The maximum absolute atomic E-state index is 13.2. The van der Waals surface area contributed by atoms with E-state index in [9.17, 15) is 9.59 Å². The van der Waals surface area contributed by atoms with Crippen molar-refractivity contribution in [3.8, 4) is 5.75 Å². The lowest BCUT2D eigenvalue weighted by Gasteiger charge is -2.38. The monoisotopic (exact) mass is 501 g/mol. The molecule has 7 heteroatoms. The number of benzene rings is 2. The summed E-state index contributed by atoms with van der Waals surface area (Å²) < 4.78 is 6.13. The number of amides is 2. The first-order valence-corrected chi connectivity index (χ1v) is 13.8. The SMILES string of the molecule is Cc1ccc([C@H]2c3cc(OCc4nc(C(=O)NCC5CC5)cs4)ccc3CCN2C(=O)C2CC2)cc1. The average molecular weight is 502 g/mol. The number of nitrogens with zero attached hydrogens (tertiary/aromatic N) is 2. The van der Waals surface area contributed by atoms with Crippen molar-refractivity contribution in [1.29, 1.82) is 0 Å². The summed E-state index contributed by atoms with van der Waals surface area (Å²) in [6.45, 7) is 3.86. The second-order valence-electron chi connectivity index (χ2n) is 10.3. The van der Waals surface area contributed by atoms with Crippen molar-refractivity contribution < 1.29 is 14.3 Å². The Bertz CT molecular complexity index is 1280. The molecule has 0 unspecified atom stereocenters. The molecule has 1 aromatic heterocycles. The molecule has 3 aliphatic rings. The molecule has 36 heavy (non-hydrogen) atoms. The summed E-state index contributed by atoms with van der Waals surface area (Å²) >= 11 is 1.44. The van der Waals surface area contributed by atoms with Crippen LogP contribution in [0.5, 0.6) is 5.75 Å². The van der Waals surface area contributed by atoms with E-state index in [4.69, 9.17) is 4.74 Å². The summed E-state index contributed by atoms with van der Waals surface area (Å²) in [5.41, 5.74) is 5.19. The molecule has 2 saturated carbocycles. The van der Waals surface area contributed by atoms with Crippen LogP contribution in [-0.4, -0.2) is 34.8 Å². The van der Waals surface area contributed by atoms with Gasteiger partial charge in [-0.25, -0.2) is 4.98 Å². The lowest BCUT2D eigenvalue weighted by molar-refractivity contribution is -0.134. The van der Waals surface area contributed by atoms with Crippen LogP contribution in [0.4, 0.5) is 0 Å². The van der Waals surface area contributed by atoms with Crippen molar-refractivity contribution in [1.82, 2.24) is 15.2 Å². The lowest BCUT2D eigenvalue weighted by atomic mass is 9.87. The summed E-state index contributed by atoms with van der Waals surface area (Å²) in [6, 6.07) is 14.6. The summed E-state index contributed by atoms with van der Waals surface area (Å²) in [4.78, 5) is 32.1. The third kappa shape index (κ3) is 5.03. The Hall–Kier alpha value is -3.19. The van der Waals surface area contributed by atoms with Crippen LogP contribution in [0, 0.1) is 18.8 Å². The Kier molecular flexibility index (Phi) is 6.25. The maximum atomic E-state index is 13.2. The molecule has 1 N–H and O–H groups in total. The van der Waals surface area contributed by atoms with Gasteiger partial charge in [0.05, 0.1) is 6.04 Å². The Morgan fingerprint density at radius 3 is 2.67 bits per heavy atom. The van der Waals surface area contributed by atoms with Crippen molar-refractivity contribution in [2.45, 2.75) is 51.7 Å². The van der Waals surface area contributed by atoms with Crippen molar-refractivity contribution in [3.63, 3.8) is 0 Å². The van der Waals surface area contributed by atoms with Crippen LogP contribution in [-0.2, 0) is 17.8 Å². The number of carbonyl (C=O) groups excluding carboxylic acids is 2. The summed E-state index contributed by atoms with van der Waals surface area (Å²) in [5, 5.41) is 5.53. The second kappa shape index (κ2) is 9.69. The molecule has 2 aliphatic carbocycles. The van der Waals surface area contributed by atoms with Crippen molar-refractivity contribution in [3.05, 3.63) is 80.8 Å². The number of carbonyl (C=O) groups is 2. The molecule has 3 aromatic rings. The van der Waals surface area contributed by atoms with Gasteiger partial charge in [0.2, 0.25) is 5.91 Å². The van der Waals surface area contributed by atoms with Gasteiger partial charge in [0, 0.05) is 24.4 Å². The first-order chi connectivity index (χ1) is 17.5. The molecule has 6 rings (SSSR count). The smallest absolute Gasteiger partial charge is 0.270 e. The fourth-order valence-electron chi connectivity index (χ4n) is 4.87. The van der Waals surface area contributed by atoms with Gasteiger partial charge in [-0.1, -0.05) is 35.9 Å². The van der Waals surface area contributed by atoms with E-state index in [1.165, 1.54) is 35.3 Å². The minimum Gasteiger partial charge on any atom is -0.486 e. The number of hydrogen-bond donors (Lipinski definition) is 1. The fourth-order valence-corrected chi connectivity index (χ4v) is 5.55. The zero-order chi connectivity index (χ0) is 24.6. The molecule has 0 radical (unpaired) electrons. The van der Waals surface area contributed by atoms with Gasteiger partial charge < -0.3 is 15.0 Å². The van der Waals surface area contributed by atoms with Crippen LogP contribution < -0.4 is 10.1 Å². The highest BCUT2D eigenvalue weighted by molar-refractivity contribution is 7.09. The molecule has 1 aliphatic heterocycles. The quantitative estimate of drug-likeness (QED) is 0.469. The number of fused-ring (bicyclic) bond motifs is 1. The van der Waals surface area contributed by atoms with E-state index in [-0.39, 0.29) is 23.8 Å². The van der Waals surface area contributed by atoms with E-state index in [1.54, 1.807) is 5.38 Å². The number of aromatic nitrogens is 1. The minimum absolute atomic E-state index is 0.104. The predicted octanol–water partition coefficient (Wildman–Crippen LogP) is 5.05. The first-order valence-electron chi connectivity index (χ1n) is 12.9. The molecule has 2 aromatic carbocycles. The highest BCUT2D eigenvalue weighted by Crippen LogP contribution is 2.41. The minimum atomic E-state index is -0.112. The largest absolute Gasteiger partial charge is 0.486 e. The second-order valence-corrected chi connectivity index (χ2v) is 11.2. The van der Waals surface area contributed by atoms with Gasteiger partial charge in [-0.2, -0.15) is 0 Å². The lowest BCUT2D eigenvalue weighted by Crippen LogP contribution is -2.41. The Labute approximate surface area is 215 Å². The molecular formula is C29H31N3O3S. The molecule has 2 fully saturated rings. The van der Waals surface area contributed by atoms with Gasteiger partial charge in [0.15, 0.2) is 0 Å². The topological polar surface area (TPSA) is 71.5 Å². The normalized spacial score (nSPS) is 19.0. The summed E-state index contributed by atoms with van der Waals surface area (Å²) in [7, 11) is 0. The van der Waals surface area contributed by atoms with E-state index < -0.39 is 0 Å². The number of aryl methyl sites for hydroxylation is 1. The Balaban J connectivity index is 1.20. The van der Waals surface area contributed by atoms with Crippen LogP contribution in [0.1, 0.15) is 69.5 Å². The first kappa shape index (κ1) is 23.2. The van der Waals surface area contributed by atoms with Crippen LogP contribution in [0.3, 0.4) is 0 Å². The average Bonchev–Trinajstić information content (AvgIpc) is 3.84.